The number of nitrogens with zero attached hydrogens (tertiary/aromatic N) is 2. The van der Waals surface area contributed by atoms with E-state index in [2.05, 4.69) is 16.8 Å². The van der Waals surface area contributed by atoms with Gasteiger partial charge in [-0.05, 0) is 31.6 Å². The lowest BCUT2D eigenvalue weighted by atomic mass is 9.84. The van der Waals surface area contributed by atoms with Gasteiger partial charge in [-0.2, -0.15) is 4.98 Å². The van der Waals surface area contributed by atoms with Crippen LogP contribution in [0.2, 0.25) is 0 Å². The van der Waals surface area contributed by atoms with Gasteiger partial charge in [0.1, 0.15) is 12.0 Å². The van der Waals surface area contributed by atoms with E-state index in [1.54, 1.807) is 0 Å². The minimum Gasteiger partial charge on any atom is -0.432 e. The summed E-state index contributed by atoms with van der Waals surface area (Å²) >= 11 is 0. The van der Waals surface area contributed by atoms with Gasteiger partial charge in [-0.1, -0.05) is 13.3 Å². The van der Waals surface area contributed by atoms with Crippen LogP contribution in [0.3, 0.4) is 0 Å². The highest BCUT2D eigenvalue weighted by molar-refractivity contribution is 5.27. The molecular weight excluding hydrogens is 216 g/mol. The summed E-state index contributed by atoms with van der Waals surface area (Å²) in [5.74, 6) is 0.900. The second-order valence-corrected chi connectivity index (χ2v) is 4.97. The van der Waals surface area contributed by atoms with E-state index >= 15 is 0 Å². The summed E-state index contributed by atoms with van der Waals surface area (Å²) in [6.45, 7) is 2.22. The molecule has 1 aromatic heterocycles. The molecule has 1 fully saturated rings. The Kier molecular flexibility index (Phi) is 4.05. The van der Waals surface area contributed by atoms with E-state index in [-0.39, 0.29) is 6.61 Å². The Hall–Kier alpha value is -1.03. The molecule has 0 bridgehead atoms. The molecule has 0 aromatic carbocycles. The van der Waals surface area contributed by atoms with Crippen LogP contribution in [-0.2, 0) is 6.61 Å². The van der Waals surface area contributed by atoms with E-state index in [1.807, 2.05) is 7.05 Å². The molecule has 1 aliphatic rings. The molecule has 4 nitrogen and oxygen atoms in total. The molecule has 17 heavy (non-hydrogen) atoms. The molecule has 1 N–H and O–H groups in total. The van der Waals surface area contributed by atoms with Crippen LogP contribution in [0, 0.1) is 5.92 Å². The Bertz CT molecular complexity index is 343. The summed E-state index contributed by atoms with van der Waals surface area (Å²) in [6.07, 6.45) is 7.86. The van der Waals surface area contributed by atoms with Gasteiger partial charge >= 0.3 is 0 Å². The molecule has 2 rings (SSSR count). The smallest absolute Gasteiger partial charge is 0.297 e. The molecule has 96 valence electrons. The highest BCUT2D eigenvalue weighted by Gasteiger charge is 2.25. The van der Waals surface area contributed by atoms with E-state index in [9.17, 15) is 0 Å². The number of rotatable bonds is 4. The van der Waals surface area contributed by atoms with Crippen LogP contribution in [0.5, 0.6) is 0 Å². The molecule has 0 atom stereocenters. The fourth-order valence-corrected chi connectivity index (χ4v) is 2.63. The first kappa shape index (κ1) is 12.4. The largest absolute Gasteiger partial charge is 0.432 e. The van der Waals surface area contributed by atoms with Crippen molar-refractivity contribution in [2.75, 3.05) is 11.9 Å². The Morgan fingerprint density at radius 3 is 2.65 bits per heavy atom. The fraction of sp³-hybridized carbons (Fsp3) is 0.769. The molecule has 4 heteroatoms. The average molecular weight is 238 g/mol. The zero-order valence-corrected chi connectivity index (χ0v) is 10.7. The van der Waals surface area contributed by atoms with Crippen LogP contribution < -0.4 is 4.90 Å². The molecule has 0 amide bonds. The third kappa shape index (κ3) is 2.80. The summed E-state index contributed by atoms with van der Waals surface area (Å²) in [4.78, 5) is 6.37. The van der Waals surface area contributed by atoms with Gasteiger partial charge in [0.05, 0.1) is 6.61 Å². The van der Waals surface area contributed by atoms with Crippen molar-refractivity contribution in [3.05, 3.63) is 12.0 Å². The van der Waals surface area contributed by atoms with Gasteiger partial charge in [-0.3, -0.25) is 0 Å². The first-order valence-corrected chi connectivity index (χ1v) is 6.52. The minimum absolute atomic E-state index is 0.0556. The third-order valence-electron chi connectivity index (χ3n) is 3.94. The van der Waals surface area contributed by atoms with E-state index < -0.39 is 0 Å². The zero-order valence-electron chi connectivity index (χ0n) is 10.7. The van der Waals surface area contributed by atoms with Crippen LogP contribution in [0.1, 0.15) is 44.7 Å². The SMILES string of the molecule is CCC1CCC(N(C)c2nc(CO)co2)CC1. The summed E-state index contributed by atoms with van der Waals surface area (Å²) in [5.41, 5.74) is 0.606. The predicted octanol–water partition coefficient (Wildman–Crippen LogP) is 2.57. The van der Waals surface area contributed by atoms with Gasteiger partial charge < -0.3 is 14.4 Å². The molecule has 0 radical (unpaired) electrons. The highest BCUT2D eigenvalue weighted by Crippen LogP contribution is 2.30. The molecule has 1 aliphatic carbocycles. The molecule has 0 saturated heterocycles. The van der Waals surface area contributed by atoms with Crippen LogP contribution >= 0.6 is 0 Å². The predicted molar refractivity (Wildman–Crippen MR) is 66.9 cm³/mol. The fourth-order valence-electron chi connectivity index (χ4n) is 2.63. The van der Waals surface area contributed by atoms with Crippen molar-refractivity contribution >= 4 is 6.01 Å². The summed E-state index contributed by atoms with van der Waals surface area (Å²) in [7, 11) is 2.03. The zero-order chi connectivity index (χ0) is 12.3. The lowest BCUT2D eigenvalue weighted by Crippen LogP contribution is -2.35. The van der Waals surface area contributed by atoms with Crippen molar-refractivity contribution in [1.82, 2.24) is 4.98 Å². The molecule has 0 unspecified atom stereocenters. The Labute approximate surface area is 103 Å². The van der Waals surface area contributed by atoms with E-state index in [0.29, 0.717) is 17.8 Å². The summed E-state index contributed by atoms with van der Waals surface area (Å²) in [5, 5.41) is 8.97. The number of hydrogen-bond acceptors (Lipinski definition) is 4. The standard InChI is InChI=1S/C13H22N2O2/c1-3-10-4-6-12(7-5-10)15(2)13-14-11(8-16)9-17-13/h9-10,12,16H,3-8H2,1-2H3. The van der Waals surface area contributed by atoms with Crippen LogP contribution in [0.4, 0.5) is 6.01 Å². The van der Waals surface area contributed by atoms with Gasteiger partial charge in [0, 0.05) is 13.1 Å². The van der Waals surface area contributed by atoms with Crippen molar-refractivity contribution in [2.45, 2.75) is 51.7 Å². The number of aromatic nitrogens is 1. The molecule has 0 aliphatic heterocycles. The van der Waals surface area contributed by atoms with Crippen molar-refractivity contribution in [3.8, 4) is 0 Å². The third-order valence-corrected chi connectivity index (χ3v) is 3.94. The van der Waals surface area contributed by atoms with Gasteiger partial charge in [-0.25, -0.2) is 0 Å². The second-order valence-electron chi connectivity index (χ2n) is 4.97. The van der Waals surface area contributed by atoms with Gasteiger partial charge in [0.15, 0.2) is 0 Å². The van der Waals surface area contributed by atoms with Gasteiger partial charge in [0.25, 0.3) is 6.01 Å². The molecule has 1 saturated carbocycles. The number of aliphatic hydroxyl groups excluding tert-OH is 1. The van der Waals surface area contributed by atoms with E-state index in [1.165, 1.54) is 38.4 Å². The number of oxazole rings is 1. The molecule has 0 spiro atoms. The normalized spacial score (nSPS) is 24.9. The maximum absolute atomic E-state index is 8.97. The topological polar surface area (TPSA) is 49.5 Å². The number of anilines is 1. The molecule has 1 aromatic rings. The van der Waals surface area contributed by atoms with Crippen molar-refractivity contribution in [3.63, 3.8) is 0 Å². The van der Waals surface area contributed by atoms with E-state index in [4.69, 9.17) is 9.52 Å². The maximum atomic E-state index is 8.97. The van der Waals surface area contributed by atoms with Crippen molar-refractivity contribution in [2.24, 2.45) is 5.92 Å². The number of hydrogen-bond donors (Lipinski definition) is 1. The van der Waals surface area contributed by atoms with Crippen molar-refractivity contribution < 1.29 is 9.52 Å². The lowest BCUT2D eigenvalue weighted by molar-refractivity contribution is 0.276. The minimum atomic E-state index is -0.0556. The average Bonchev–Trinajstić information content (AvgIpc) is 2.87. The van der Waals surface area contributed by atoms with Gasteiger partial charge in [-0.15, -0.1) is 0 Å². The van der Waals surface area contributed by atoms with Crippen LogP contribution in [0.15, 0.2) is 10.7 Å². The highest BCUT2D eigenvalue weighted by atomic mass is 16.4. The van der Waals surface area contributed by atoms with Gasteiger partial charge in [0.2, 0.25) is 0 Å². The first-order chi connectivity index (χ1) is 8.24. The summed E-state index contributed by atoms with van der Waals surface area (Å²) in [6, 6.07) is 1.16. The van der Waals surface area contributed by atoms with Crippen LogP contribution in [0.25, 0.3) is 0 Å². The van der Waals surface area contributed by atoms with Crippen LogP contribution in [-0.4, -0.2) is 23.2 Å². The lowest BCUT2D eigenvalue weighted by Gasteiger charge is -2.33. The Balaban J connectivity index is 1.94. The Morgan fingerprint density at radius 2 is 2.12 bits per heavy atom. The first-order valence-electron chi connectivity index (χ1n) is 6.52. The molecule has 1 heterocycles. The monoisotopic (exact) mass is 238 g/mol. The maximum Gasteiger partial charge on any atom is 0.297 e. The van der Waals surface area contributed by atoms with Crippen molar-refractivity contribution in [1.29, 1.82) is 0 Å². The Morgan fingerprint density at radius 1 is 1.41 bits per heavy atom. The number of aliphatic hydroxyl groups is 1. The summed E-state index contributed by atoms with van der Waals surface area (Å²) < 4.78 is 5.38. The quantitative estimate of drug-likeness (QED) is 0.876. The second kappa shape index (κ2) is 5.54. The van der Waals surface area contributed by atoms with E-state index in [0.717, 1.165) is 5.92 Å². The molecular formula is C13H22N2O2.